The Kier molecular flexibility index (Phi) is 6.88. The van der Waals surface area contributed by atoms with Gasteiger partial charge in [0.25, 0.3) is 11.6 Å². The summed E-state index contributed by atoms with van der Waals surface area (Å²) in [7, 11) is -3.57. The fourth-order valence-electron chi connectivity index (χ4n) is 3.02. The van der Waals surface area contributed by atoms with Gasteiger partial charge in [0, 0.05) is 29.9 Å². The molecule has 1 heterocycles. The molecule has 1 aliphatic heterocycles. The number of amides is 1. The van der Waals surface area contributed by atoms with Crippen LogP contribution in [0.2, 0.25) is 5.02 Å². The van der Waals surface area contributed by atoms with E-state index in [0.29, 0.717) is 18.8 Å². The van der Waals surface area contributed by atoms with Crippen molar-refractivity contribution in [3.63, 3.8) is 0 Å². The van der Waals surface area contributed by atoms with Gasteiger partial charge in [-0.25, -0.2) is 13.2 Å². The Hall–Kier alpha value is -3.02. The lowest BCUT2D eigenvalue weighted by Gasteiger charge is -2.15. The van der Waals surface area contributed by atoms with Crippen LogP contribution in [0.5, 0.6) is 0 Å². The first-order chi connectivity index (χ1) is 14.7. The first-order valence-corrected chi connectivity index (χ1v) is 11.0. The molecule has 1 amide bonds. The van der Waals surface area contributed by atoms with Gasteiger partial charge < -0.3 is 10.1 Å². The van der Waals surface area contributed by atoms with E-state index in [1.807, 2.05) is 0 Å². The Labute approximate surface area is 183 Å². The molecule has 0 radical (unpaired) electrons. The van der Waals surface area contributed by atoms with Crippen LogP contribution >= 0.6 is 11.6 Å². The van der Waals surface area contributed by atoms with Gasteiger partial charge in [-0.15, -0.1) is 0 Å². The third kappa shape index (κ3) is 5.37. The van der Waals surface area contributed by atoms with Crippen molar-refractivity contribution < 1.29 is 27.7 Å². The number of nitrogens with one attached hydrogen (secondary N) is 1. The number of anilines is 1. The summed E-state index contributed by atoms with van der Waals surface area (Å²) in [5.41, 5.74) is -0.568. The highest BCUT2D eigenvalue weighted by molar-refractivity contribution is 7.89. The van der Waals surface area contributed by atoms with Gasteiger partial charge in [0.1, 0.15) is 5.56 Å². The van der Waals surface area contributed by atoms with Crippen molar-refractivity contribution in [3.05, 3.63) is 63.2 Å². The van der Waals surface area contributed by atoms with Crippen LogP contribution in [-0.2, 0) is 19.6 Å². The molecule has 2 aromatic carbocycles. The number of hydrogen-bond donors (Lipinski definition) is 1. The third-order valence-corrected chi connectivity index (χ3v) is 6.70. The summed E-state index contributed by atoms with van der Waals surface area (Å²) in [5.74, 6) is -1.77. The minimum Gasteiger partial charge on any atom is -0.452 e. The van der Waals surface area contributed by atoms with E-state index >= 15 is 0 Å². The smallest absolute Gasteiger partial charge is 0.345 e. The van der Waals surface area contributed by atoms with Gasteiger partial charge in [0.15, 0.2) is 6.61 Å². The van der Waals surface area contributed by atoms with Crippen LogP contribution in [0.4, 0.5) is 11.4 Å². The third-order valence-electron chi connectivity index (χ3n) is 4.55. The van der Waals surface area contributed by atoms with Crippen LogP contribution < -0.4 is 5.32 Å². The number of hydrogen-bond acceptors (Lipinski definition) is 7. The molecule has 1 saturated heterocycles. The average Bonchev–Trinajstić information content (AvgIpc) is 3.28. The Morgan fingerprint density at radius 3 is 2.39 bits per heavy atom. The molecule has 164 valence electrons. The molecule has 0 saturated carbocycles. The van der Waals surface area contributed by atoms with Crippen LogP contribution in [-0.4, -0.2) is 49.2 Å². The van der Waals surface area contributed by atoms with E-state index in [9.17, 15) is 28.1 Å². The molecular weight excluding hydrogens is 450 g/mol. The summed E-state index contributed by atoms with van der Waals surface area (Å²) >= 11 is 5.77. The van der Waals surface area contributed by atoms with Gasteiger partial charge in [-0.3, -0.25) is 14.9 Å². The minimum atomic E-state index is -3.57. The van der Waals surface area contributed by atoms with Crippen molar-refractivity contribution in [2.45, 2.75) is 17.7 Å². The van der Waals surface area contributed by atoms with E-state index in [1.165, 1.54) is 34.6 Å². The number of carbonyl (C=O) groups excluding carboxylic acids is 2. The van der Waals surface area contributed by atoms with Gasteiger partial charge in [-0.2, -0.15) is 4.31 Å². The summed E-state index contributed by atoms with van der Waals surface area (Å²) in [6.45, 7) is 0.268. The van der Waals surface area contributed by atoms with Gasteiger partial charge >= 0.3 is 5.97 Å². The second-order valence-corrected chi connectivity index (χ2v) is 9.05. The summed E-state index contributed by atoms with van der Waals surface area (Å²) < 4.78 is 31.3. The van der Waals surface area contributed by atoms with E-state index in [-0.39, 0.29) is 15.5 Å². The molecule has 1 fully saturated rings. The lowest BCUT2D eigenvalue weighted by Crippen LogP contribution is -2.27. The molecule has 10 nitrogen and oxygen atoms in total. The summed E-state index contributed by atoms with van der Waals surface area (Å²) in [4.78, 5) is 34.6. The molecule has 0 atom stereocenters. The molecule has 0 spiro atoms. The first-order valence-electron chi connectivity index (χ1n) is 9.19. The monoisotopic (exact) mass is 467 g/mol. The van der Waals surface area contributed by atoms with E-state index in [0.717, 1.165) is 25.0 Å². The van der Waals surface area contributed by atoms with E-state index in [2.05, 4.69) is 5.32 Å². The zero-order valence-electron chi connectivity index (χ0n) is 16.1. The highest BCUT2D eigenvalue weighted by Gasteiger charge is 2.27. The van der Waals surface area contributed by atoms with Crippen molar-refractivity contribution in [2.75, 3.05) is 25.0 Å². The number of nitro groups is 1. The number of rotatable bonds is 7. The number of esters is 1. The Balaban J connectivity index is 1.60. The molecule has 31 heavy (non-hydrogen) atoms. The summed E-state index contributed by atoms with van der Waals surface area (Å²) in [5, 5.41) is 13.6. The standard InChI is InChI=1S/C19H18ClN3O7S/c20-13-3-8-17(23(26)27)16(11-13)19(25)30-12-18(24)21-14-4-6-15(7-5-14)31(28,29)22-9-1-2-10-22/h3-8,11H,1-2,9-10,12H2,(H,21,24). The molecule has 0 aliphatic carbocycles. The number of sulfonamides is 1. The molecule has 0 bridgehead atoms. The van der Waals surface area contributed by atoms with Crippen molar-refractivity contribution in [2.24, 2.45) is 0 Å². The number of nitro benzene ring substituents is 1. The van der Waals surface area contributed by atoms with Gasteiger partial charge in [0.05, 0.1) is 9.82 Å². The average molecular weight is 468 g/mol. The molecule has 0 unspecified atom stereocenters. The van der Waals surface area contributed by atoms with Crippen LogP contribution in [0.3, 0.4) is 0 Å². The first kappa shape index (κ1) is 22.7. The van der Waals surface area contributed by atoms with Crippen molar-refractivity contribution >= 4 is 44.9 Å². The predicted molar refractivity (Wildman–Crippen MR) is 111 cm³/mol. The maximum Gasteiger partial charge on any atom is 0.345 e. The quantitative estimate of drug-likeness (QED) is 0.375. The molecular formula is C19H18ClN3O7S. The van der Waals surface area contributed by atoms with Crippen LogP contribution in [0, 0.1) is 10.1 Å². The van der Waals surface area contributed by atoms with Crippen molar-refractivity contribution in [1.82, 2.24) is 4.31 Å². The van der Waals surface area contributed by atoms with Crippen molar-refractivity contribution in [3.8, 4) is 0 Å². The van der Waals surface area contributed by atoms with E-state index in [4.69, 9.17) is 16.3 Å². The Morgan fingerprint density at radius 1 is 1.13 bits per heavy atom. The SMILES string of the molecule is O=C(COC(=O)c1cc(Cl)ccc1[N+](=O)[O-])Nc1ccc(S(=O)(=O)N2CCCC2)cc1. The lowest BCUT2D eigenvalue weighted by molar-refractivity contribution is -0.385. The fraction of sp³-hybridized carbons (Fsp3) is 0.263. The largest absolute Gasteiger partial charge is 0.452 e. The molecule has 2 aromatic rings. The maximum absolute atomic E-state index is 12.5. The van der Waals surface area contributed by atoms with Gasteiger partial charge in [-0.05, 0) is 49.2 Å². The number of benzene rings is 2. The zero-order chi connectivity index (χ0) is 22.6. The van der Waals surface area contributed by atoms with E-state index in [1.54, 1.807) is 0 Å². The molecule has 1 aliphatic rings. The topological polar surface area (TPSA) is 136 Å². The summed E-state index contributed by atoms with van der Waals surface area (Å²) in [6.07, 6.45) is 1.65. The Morgan fingerprint density at radius 2 is 1.77 bits per heavy atom. The van der Waals surface area contributed by atoms with E-state index < -0.39 is 39.1 Å². The van der Waals surface area contributed by atoms with Crippen LogP contribution in [0.15, 0.2) is 47.4 Å². The van der Waals surface area contributed by atoms with Gasteiger partial charge in [0.2, 0.25) is 10.0 Å². The Bertz CT molecular complexity index is 1110. The minimum absolute atomic E-state index is 0.103. The zero-order valence-corrected chi connectivity index (χ0v) is 17.7. The normalized spacial score (nSPS) is 14.2. The highest BCUT2D eigenvalue weighted by atomic mass is 35.5. The van der Waals surface area contributed by atoms with Crippen molar-refractivity contribution in [1.29, 1.82) is 0 Å². The second-order valence-electron chi connectivity index (χ2n) is 6.68. The molecule has 1 N–H and O–H groups in total. The fourth-order valence-corrected chi connectivity index (χ4v) is 4.71. The number of halogens is 1. The predicted octanol–water partition coefficient (Wildman–Crippen LogP) is 2.83. The summed E-state index contributed by atoms with van der Waals surface area (Å²) in [6, 6.07) is 9.01. The van der Waals surface area contributed by atoms with Crippen LogP contribution in [0.25, 0.3) is 0 Å². The highest BCUT2D eigenvalue weighted by Crippen LogP contribution is 2.24. The second kappa shape index (κ2) is 9.41. The van der Waals surface area contributed by atoms with Crippen LogP contribution in [0.1, 0.15) is 23.2 Å². The maximum atomic E-state index is 12.5. The van der Waals surface area contributed by atoms with Gasteiger partial charge in [-0.1, -0.05) is 11.6 Å². The lowest BCUT2D eigenvalue weighted by atomic mass is 10.2. The number of nitrogens with zero attached hydrogens (tertiary/aromatic N) is 2. The number of carbonyl (C=O) groups is 2. The molecule has 0 aromatic heterocycles. The molecule has 12 heteroatoms. The molecule has 3 rings (SSSR count). The number of ether oxygens (including phenoxy) is 1.